The molecule has 122 valence electrons. The highest BCUT2D eigenvalue weighted by molar-refractivity contribution is 5.92. The van der Waals surface area contributed by atoms with Crippen molar-refractivity contribution in [2.24, 2.45) is 5.92 Å². The van der Waals surface area contributed by atoms with Gasteiger partial charge in [-0.15, -0.1) is 0 Å². The molecule has 0 bridgehead atoms. The minimum atomic E-state index is -0.790. The van der Waals surface area contributed by atoms with E-state index in [0.29, 0.717) is 0 Å². The van der Waals surface area contributed by atoms with Crippen LogP contribution in [0.1, 0.15) is 25.5 Å². The summed E-state index contributed by atoms with van der Waals surface area (Å²) in [5.74, 6) is -1.56. The molecule has 0 aliphatic carbocycles. The highest BCUT2D eigenvalue weighted by Gasteiger charge is 2.16. The Hall–Kier alpha value is -2.27. The molecule has 0 saturated carbocycles. The van der Waals surface area contributed by atoms with Crippen molar-refractivity contribution >= 4 is 11.6 Å². The lowest BCUT2D eigenvalue weighted by molar-refractivity contribution is -0.115. The van der Waals surface area contributed by atoms with Gasteiger partial charge in [-0.1, -0.05) is 44.2 Å². The Morgan fingerprint density at radius 3 is 2.39 bits per heavy atom. The van der Waals surface area contributed by atoms with Crippen LogP contribution < -0.4 is 10.6 Å². The fraction of sp³-hybridized carbons (Fsp3) is 0.278. The van der Waals surface area contributed by atoms with Crippen LogP contribution in [0.3, 0.4) is 0 Å². The Morgan fingerprint density at radius 1 is 1.09 bits per heavy atom. The topological polar surface area (TPSA) is 41.1 Å². The Morgan fingerprint density at radius 2 is 1.78 bits per heavy atom. The van der Waals surface area contributed by atoms with Crippen LogP contribution in [0.15, 0.2) is 48.5 Å². The van der Waals surface area contributed by atoms with E-state index in [4.69, 9.17) is 0 Å². The monoisotopic (exact) mass is 318 g/mol. The maximum atomic E-state index is 13.5. The van der Waals surface area contributed by atoms with E-state index >= 15 is 0 Å². The summed E-state index contributed by atoms with van der Waals surface area (Å²) in [6, 6.07) is 12.9. The smallest absolute Gasteiger partial charge is 0.238 e. The Bertz CT molecular complexity index is 659. The summed E-state index contributed by atoms with van der Waals surface area (Å²) >= 11 is 0. The zero-order valence-electron chi connectivity index (χ0n) is 13.1. The van der Waals surface area contributed by atoms with E-state index in [1.165, 1.54) is 6.07 Å². The first-order chi connectivity index (χ1) is 11.0. The van der Waals surface area contributed by atoms with Crippen LogP contribution in [-0.4, -0.2) is 12.5 Å². The maximum absolute atomic E-state index is 13.5. The fourth-order valence-corrected chi connectivity index (χ4v) is 2.39. The second-order valence-corrected chi connectivity index (χ2v) is 5.69. The largest absolute Gasteiger partial charge is 0.322 e. The first-order valence-corrected chi connectivity index (χ1v) is 7.50. The normalized spacial score (nSPS) is 12.2. The van der Waals surface area contributed by atoms with Gasteiger partial charge in [0.05, 0.1) is 12.2 Å². The average Bonchev–Trinajstić information content (AvgIpc) is 2.51. The van der Waals surface area contributed by atoms with Crippen molar-refractivity contribution in [3.8, 4) is 0 Å². The van der Waals surface area contributed by atoms with Gasteiger partial charge >= 0.3 is 0 Å². The molecule has 0 spiro atoms. The number of carbonyl (C=O) groups is 1. The number of rotatable bonds is 6. The number of amides is 1. The van der Waals surface area contributed by atoms with Crippen LogP contribution in [-0.2, 0) is 4.79 Å². The molecule has 1 amide bonds. The second-order valence-electron chi connectivity index (χ2n) is 5.69. The Kier molecular flexibility index (Phi) is 5.82. The molecule has 23 heavy (non-hydrogen) atoms. The van der Waals surface area contributed by atoms with Crippen molar-refractivity contribution in [1.29, 1.82) is 0 Å². The van der Waals surface area contributed by atoms with Gasteiger partial charge in [0.2, 0.25) is 5.91 Å². The van der Waals surface area contributed by atoms with Crippen molar-refractivity contribution in [3.63, 3.8) is 0 Å². The van der Waals surface area contributed by atoms with Crippen molar-refractivity contribution < 1.29 is 13.6 Å². The molecule has 0 fully saturated rings. The third-order valence-electron chi connectivity index (χ3n) is 3.51. The third-order valence-corrected chi connectivity index (χ3v) is 3.51. The van der Waals surface area contributed by atoms with Gasteiger partial charge in [0, 0.05) is 12.1 Å². The van der Waals surface area contributed by atoms with E-state index in [0.717, 1.165) is 17.7 Å². The number of halogens is 2. The van der Waals surface area contributed by atoms with Gasteiger partial charge < -0.3 is 10.6 Å². The molecule has 2 N–H and O–H groups in total. The number of hydrogen-bond acceptors (Lipinski definition) is 2. The average molecular weight is 318 g/mol. The van der Waals surface area contributed by atoms with Crippen LogP contribution in [0.4, 0.5) is 14.5 Å². The van der Waals surface area contributed by atoms with E-state index < -0.39 is 11.6 Å². The number of hydrogen-bond donors (Lipinski definition) is 2. The number of carbonyl (C=O) groups excluding carboxylic acids is 1. The number of anilines is 1. The summed E-state index contributed by atoms with van der Waals surface area (Å²) in [6.07, 6.45) is 0. The van der Waals surface area contributed by atoms with Gasteiger partial charge in [-0.25, -0.2) is 8.78 Å². The molecule has 0 aromatic heterocycles. The van der Waals surface area contributed by atoms with Crippen LogP contribution >= 0.6 is 0 Å². The van der Waals surface area contributed by atoms with Crippen LogP contribution in [0.5, 0.6) is 0 Å². The Balaban J connectivity index is 1.97. The van der Waals surface area contributed by atoms with Gasteiger partial charge in [-0.3, -0.25) is 4.79 Å². The number of nitrogens with one attached hydrogen (secondary N) is 2. The molecule has 0 radical (unpaired) electrons. The van der Waals surface area contributed by atoms with Crippen molar-refractivity contribution in [2.45, 2.75) is 19.9 Å². The summed E-state index contributed by atoms with van der Waals surface area (Å²) in [6.45, 7) is 4.15. The molecule has 0 saturated heterocycles. The van der Waals surface area contributed by atoms with E-state index in [2.05, 4.69) is 24.5 Å². The summed E-state index contributed by atoms with van der Waals surface area (Å²) in [5, 5.41) is 5.62. The highest BCUT2D eigenvalue weighted by atomic mass is 19.1. The SMILES string of the molecule is CC(C)[C@@H](NCC(=O)Nc1ccc(F)cc1F)c1ccccc1. The molecule has 1 atom stereocenters. The molecule has 0 unspecified atom stereocenters. The lowest BCUT2D eigenvalue weighted by Gasteiger charge is -2.22. The molecule has 0 aliphatic rings. The van der Waals surface area contributed by atoms with E-state index in [1.807, 2.05) is 30.3 Å². The fourth-order valence-electron chi connectivity index (χ4n) is 2.39. The summed E-state index contributed by atoms with van der Waals surface area (Å²) in [5.41, 5.74) is 1.06. The molecule has 5 heteroatoms. The maximum Gasteiger partial charge on any atom is 0.238 e. The predicted octanol–water partition coefficient (Wildman–Crippen LogP) is 3.89. The van der Waals surface area contributed by atoms with Crippen LogP contribution in [0.25, 0.3) is 0 Å². The van der Waals surface area contributed by atoms with E-state index in [9.17, 15) is 13.6 Å². The molecule has 0 aliphatic heterocycles. The van der Waals surface area contributed by atoms with Gasteiger partial charge in [0.25, 0.3) is 0 Å². The molecule has 3 nitrogen and oxygen atoms in total. The zero-order chi connectivity index (χ0) is 16.8. The molecular formula is C18H20F2N2O. The molecule has 0 heterocycles. The highest BCUT2D eigenvalue weighted by Crippen LogP contribution is 2.21. The van der Waals surface area contributed by atoms with Crippen LogP contribution in [0, 0.1) is 17.6 Å². The summed E-state index contributed by atoms with van der Waals surface area (Å²) < 4.78 is 26.4. The predicted molar refractivity (Wildman–Crippen MR) is 87.0 cm³/mol. The second kappa shape index (κ2) is 7.83. The molecule has 2 aromatic rings. The minimum absolute atomic E-state index is 0.0139. The quantitative estimate of drug-likeness (QED) is 0.848. The van der Waals surface area contributed by atoms with Crippen molar-refractivity contribution in [2.75, 3.05) is 11.9 Å². The Labute approximate surface area is 134 Å². The van der Waals surface area contributed by atoms with Gasteiger partial charge in [-0.05, 0) is 23.6 Å². The molecule has 2 rings (SSSR count). The first-order valence-electron chi connectivity index (χ1n) is 7.50. The van der Waals surface area contributed by atoms with Crippen molar-refractivity contribution in [3.05, 3.63) is 65.7 Å². The zero-order valence-corrected chi connectivity index (χ0v) is 13.1. The summed E-state index contributed by atoms with van der Waals surface area (Å²) in [4.78, 5) is 12.0. The molecular weight excluding hydrogens is 298 g/mol. The summed E-state index contributed by atoms with van der Waals surface area (Å²) in [7, 11) is 0. The standard InChI is InChI=1S/C18H20F2N2O/c1-12(2)18(13-6-4-3-5-7-13)21-11-17(23)22-16-9-8-14(19)10-15(16)20/h3-10,12,18,21H,11H2,1-2H3,(H,22,23)/t18-/m1/s1. The van der Waals surface area contributed by atoms with E-state index in [1.54, 1.807) is 0 Å². The van der Waals surface area contributed by atoms with E-state index in [-0.39, 0.29) is 30.1 Å². The van der Waals surface area contributed by atoms with Crippen molar-refractivity contribution in [1.82, 2.24) is 5.32 Å². The molecule has 2 aromatic carbocycles. The first kappa shape index (κ1) is 17.1. The number of benzene rings is 2. The van der Waals surface area contributed by atoms with Crippen LogP contribution in [0.2, 0.25) is 0 Å². The lowest BCUT2D eigenvalue weighted by Crippen LogP contribution is -2.33. The minimum Gasteiger partial charge on any atom is -0.322 e. The van der Waals surface area contributed by atoms with Gasteiger partial charge in [0.1, 0.15) is 11.6 Å². The lowest BCUT2D eigenvalue weighted by atomic mass is 9.96. The van der Waals surface area contributed by atoms with Gasteiger partial charge in [0.15, 0.2) is 0 Å². The van der Waals surface area contributed by atoms with Gasteiger partial charge in [-0.2, -0.15) is 0 Å². The third kappa shape index (κ3) is 4.86.